The van der Waals surface area contributed by atoms with Crippen LogP contribution in [-0.2, 0) is 92.1 Å². The first-order chi connectivity index (χ1) is 61.8. The molecule has 48 heteroatoms. The Balaban J connectivity index is 0.000000187. The van der Waals surface area contributed by atoms with Crippen molar-refractivity contribution in [2.24, 2.45) is 0 Å². The average molecular weight is 2110 g/mol. The van der Waals surface area contributed by atoms with Gasteiger partial charge in [-0.3, -0.25) is 39.5 Å². The molecule has 6 aromatic heterocycles. The highest BCUT2D eigenvalue weighted by molar-refractivity contribution is 7.95. The number of likely N-dealkylation sites (tertiary alicyclic amines) is 1. The first-order valence-corrected chi connectivity index (χ1v) is 51.7. The van der Waals surface area contributed by atoms with Gasteiger partial charge in [-0.1, -0.05) is 117 Å². The Hall–Kier alpha value is -9.71. The highest BCUT2D eigenvalue weighted by Crippen LogP contribution is 2.40. The largest absolute Gasteiger partial charge is 0.445 e. The van der Waals surface area contributed by atoms with Crippen LogP contribution in [0.3, 0.4) is 0 Å². The molecular weight excluding hydrogens is 2020 g/mol. The van der Waals surface area contributed by atoms with Crippen LogP contribution >= 0.6 is 103 Å². The number of hydrogen-bond donors (Lipinski definition) is 5. The van der Waals surface area contributed by atoms with Crippen molar-refractivity contribution in [1.29, 1.82) is 0 Å². The van der Waals surface area contributed by atoms with E-state index in [0.29, 0.717) is 41.1 Å². The van der Waals surface area contributed by atoms with Crippen LogP contribution in [-0.4, -0.2) is 144 Å². The number of nitrogens with zero attached hydrogens (tertiary/aromatic N) is 7. The first-order valence-electron chi connectivity index (χ1n) is 39.0. The number of thiophene rings is 1. The predicted molar refractivity (Wildman–Crippen MR) is 504 cm³/mol. The van der Waals surface area contributed by atoms with E-state index in [9.17, 15) is 92.4 Å². The molecule has 5 N–H and O–H groups in total. The zero-order valence-electron chi connectivity index (χ0n) is 71.8. The van der Waals surface area contributed by atoms with E-state index < -0.39 is 136 Å². The number of thiazole rings is 2. The van der Waals surface area contributed by atoms with Crippen molar-refractivity contribution in [2.75, 3.05) is 39.7 Å². The molecule has 710 valence electrons. The summed E-state index contributed by atoms with van der Waals surface area (Å²) in [4.78, 5) is 79.4. The third kappa shape index (κ3) is 25.7. The zero-order chi connectivity index (χ0) is 98.6. The third-order valence-electron chi connectivity index (χ3n) is 20.1. The Morgan fingerprint density at radius 1 is 0.429 bits per heavy atom. The number of pyridine rings is 1. The lowest BCUT2D eigenvalue weighted by molar-refractivity contribution is -0.138. The van der Waals surface area contributed by atoms with Crippen molar-refractivity contribution in [3.63, 3.8) is 0 Å². The zero-order valence-corrected chi connectivity index (χ0v) is 82.9. The van der Waals surface area contributed by atoms with E-state index in [1.165, 1.54) is 216 Å². The van der Waals surface area contributed by atoms with Crippen LogP contribution in [0.25, 0.3) is 21.8 Å². The van der Waals surface area contributed by atoms with E-state index in [1.807, 2.05) is 65.5 Å². The summed E-state index contributed by atoms with van der Waals surface area (Å²) >= 11 is 33.1. The molecule has 0 spiro atoms. The Kier molecular flexibility index (Phi) is 34.7. The van der Waals surface area contributed by atoms with Gasteiger partial charge in [-0.25, -0.2) is 57.0 Å². The molecule has 1 saturated heterocycles. The lowest BCUT2D eigenvalue weighted by atomic mass is 10.1. The minimum atomic E-state index is -4.75. The van der Waals surface area contributed by atoms with Gasteiger partial charge in [-0.15, -0.1) is 44.2 Å². The van der Waals surface area contributed by atoms with Crippen molar-refractivity contribution >= 4 is 209 Å². The molecule has 0 radical (unpaired) electrons. The first kappa shape index (κ1) is 107. The number of hydrogen-bond acceptors (Lipinski definition) is 27. The molecule has 0 aliphatic carbocycles. The van der Waals surface area contributed by atoms with Crippen LogP contribution < -0.4 is 26.6 Å². The van der Waals surface area contributed by atoms with Gasteiger partial charge in [0.15, 0.2) is 59.4 Å². The summed E-state index contributed by atoms with van der Waals surface area (Å²) in [6.07, 6.45) is -4.73. The quantitative estimate of drug-likeness (QED) is 0.0351. The molecule has 133 heavy (non-hydrogen) atoms. The number of aromatic nitrogens is 6. The molecular formula is C85H83Cl5F6N12O16S9. The van der Waals surface area contributed by atoms with Gasteiger partial charge in [-0.2, -0.15) is 26.3 Å². The highest BCUT2D eigenvalue weighted by atomic mass is 35.5. The lowest BCUT2D eigenvalue weighted by Crippen LogP contribution is -2.44. The van der Waals surface area contributed by atoms with Gasteiger partial charge in [0.2, 0.25) is 45.6 Å². The Bertz CT molecular complexity index is 6770. The number of sulfone groups is 5. The standard InChI is InChI=1S/C20H19ClN2O3S2.C19H24ClN3O3S2.C17H15ClN2O4S2.C16H14ClF3N2O3S.C13H11ClF3N3O3S2/c1-13-17(14-7-5-4-6-8-14)22-19(27-13)23-18(24)20(2,3)28(25,26)16-11-9-15(21)10-12-16;1-19(2,28(25,26)16-8-6-14(20)7-9-16)17(24)22-18-21-15(13-27-18)12-23-10-4-3-5-11-23;1-17(2,26(22,23)12-7-5-11(18)6-8-12)16(21)19-15-10-13(20-24-15)14-4-3-9-25-14;1-15(2,26(24,25)11-7-5-10(17)6-8-11)14(23)22-13-12(16(18,19)20)4-3-9-21-13;1-12(2,25(22,23)8-5-3-7(14)4-6-8)9(21)18-11-20-19-10(24-11)13(15,16)17/h4-12H,1-3H3,(H,22,23,24);6-9,13H,3-5,10-12H2,1-2H3,(H,21,22,24);3-10H,1-2H3,(H,19,21);3-9H,1-2H3,(H,21,22,23);3-6H,1-2H3,(H,18,20,21). The number of alkyl halides is 6. The van der Waals surface area contributed by atoms with Crippen LogP contribution in [0.2, 0.25) is 25.1 Å². The molecule has 6 aromatic carbocycles. The van der Waals surface area contributed by atoms with Crippen LogP contribution in [0.5, 0.6) is 0 Å². The number of rotatable bonds is 24. The fourth-order valence-electron chi connectivity index (χ4n) is 11.5. The minimum absolute atomic E-state index is 0.0129. The van der Waals surface area contributed by atoms with E-state index in [-0.39, 0.29) is 41.7 Å². The fraction of sp³-hybridized carbons (Fsp3) is 0.282. The van der Waals surface area contributed by atoms with E-state index in [2.05, 4.69) is 56.5 Å². The summed E-state index contributed by atoms with van der Waals surface area (Å²) < 4.78 is 201. The number of amides is 5. The molecule has 13 rings (SSSR count). The number of carbonyl (C=O) groups is 5. The summed E-state index contributed by atoms with van der Waals surface area (Å²) in [5.74, 6) is -4.83. The van der Waals surface area contributed by atoms with Crippen LogP contribution in [0.1, 0.15) is 110 Å². The molecule has 7 heterocycles. The number of carbonyl (C=O) groups excluding carboxylic acids is 5. The Morgan fingerprint density at radius 2 is 0.820 bits per heavy atom. The van der Waals surface area contributed by atoms with Crippen molar-refractivity contribution < 1.29 is 96.9 Å². The maximum Gasteiger partial charge on any atom is 0.445 e. The molecule has 0 unspecified atom stereocenters. The smallest absolute Gasteiger partial charge is 0.338 e. The third-order valence-corrected chi connectivity index (χ3v) is 37.0. The van der Waals surface area contributed by atoms with Gasteiger partial charge < -0.3 is 20.5 Å². The fourth-order valence-corrected chi connectivity index (χ4v) is 21.8. The number of aryl methyl sites for hydroxylation is 1. The summed E-state index contributed by atoms with van der Waals surface area (Å²) in [5.41, 5.74) is 1.98. The highest BCUT2D eigenvalue weighted by Gasteiger charge is 2.49. The number of anilines is 5. The molecule has 0 atom stereocenters. The van der Waals surface area contributed by atoms with E-state index in [1.54, 1.807) is 6.07 Å². The summed E-state index contributed by atoms with van der Waals surface area (Å²) in [5, 5.41) is 26.6. The average Bonchev–Trinajstić information content (AvgIpc) is 1.45. The van der Waals surface area contributed by atoms with Crippen molar-refractivity contribution in [3.05, 3.63) is 245 Å². The second kappa shape index (κ2) is 43.1. The molecule has 1 aliphatic heterocycles. The van der Waals surface area contributed by atoms with Crippen molar-refractivity contribution in [3.8, 4) is 21.8 Å². The molecule has 28 nitrogen and oxygen atoms in total. The molecule has 5 amide bonds. The number of piperidine rings is 1. The van der Waals surface area contributed by atoms with Gasteiger partial charge in [0.25, 0.3) is 0 Å². The lowest BCUT2D eigenvalue weighted by Gasteiger charge is -2.25. The molecule has 1 aliphatic rings. The summed E-state index contributed by atoms with van der Waals surface area (Å²) in [7, 11) is -20.1. The van der Waals surface area contributed by atoms with E-state index >= 15 is 0 Å². The van der Waals surface area contributed by atoms with Crippen LogP contribution in [0, 0.1) is 6.92 Å². The van der Waals surface area contributed by atoms with E-state index in [0.717, 1.165) is 92.4 Å². The molecule has 12 aromatic rings. The topological polar surface area (TPSA) is 410 Å². The van der Waals surface area contributed by atoms with Gasteiger partial charge >= 0.3 is 12.4 Å². The van der Waals surface area contributed by atoms with Gasteiger partial charge in [0.05, 0.1) is 46.3 Å². The number of benzene rings is 6. The monoisotopic (exact) mass is 2100 g/mol. The molecule has 1 fully saturated rings. The number of nitrogens with one attached hydrogen (secondary N) is 5. The Labute approximate surface area is 803 Å². The predicted octanol–water partition coefficient (Wildman–Crippen LogP) is 20.5. The van der Waals surface area contributed by atoms with Crippen LogP contribution in [0.15, 0.2) is 228 Å². The maximum atomic E-state index is 13.0. The summed E-state index contributed by atoms with van der Waals surface area (Å²) in [6.45, 7) is 17.5. The second-order valence-corrected chi connectivity index (χ2v) is 49.9. The maximum absolute atomic E-state index is 13.0. The molecule has 0 saturated carbocycles. The van der Waals surface area contributed by atoms with Gasteiger partial charge in [0, 0.05) is 59.7 Å². The van der Waals surface area contributed by atoms with Gasteiger partial charge in [0.1, 0.15) is 35.2 Å². The molecule has 0 bridgehead atoms. The van der Waals surface area contributed by atoms with E-state index in [4.69, 9.17) is 62.5 Å². The van der Waals surface area contributed by atoms with Crippen LogP contribution in [0.4, 0.5) is 53.4 Å². The van der Waals surface area contributed by atoms with Gasteiger partial charge in [-0.05, 0) is 247 Å². The van der Waals surface area contributed by atoms with Crippen molar-refractivity contribution in [2.45, 2.75) is 163 Å². The minimum Gasteiger partial charge on any atom is -0.338 e. The normalized spacial score (nSPS) is 13.2. The SMILES string of the molecule is CC(C)(C(=O)Nc1cc(-c2cccs2)no1)S(=O)(=O)c1ccc(Cl)cc1.CC(C)(C(=O)Nc1nc(CN2CCCCC2)cs1)S(=O)(=O)c1ccc(Cl)cc1.CC(C)(C(=O)Nc1ncccc1C(F)(F)F)S(=O)(=O)c1ccc(Cl)cc1.CC(C)(C(=O)Nc1nnc(C(F)(F)F)s1)S(=O)(=O)c1ccc(Cl)cc1.Cc1sc(NC(=O)C(C)(C)S(=O)(=O)c2ccc(Cl)cc2)nc1-c1ccccc1. The summed E-state index contributed by atoms with van der Waals surface area (Å²) in [6, 6.07) is 44.2. The Morgan fingerprint density at radius 3 is 1.20 bits per heavy atom. The van der Waals surface area contributed by atoms with Crippen molar-refractivity contribution in [1.82, 2.24) is 35.2 Å². The second-order valence-electron chi connectivity index (χ2n) is 31.2. The number of halogens is 11.